The van der Waals surface area contributed by atoms with Crippen molar-refractivity contribution in [3.63, 3.8) is 0 Å². The Hall–Kier alpha value is -2.44. The quantitative estimate of drug-likeness (QED) is 0.741. The van der Waals surface area contributed by atoms with Crippen LogP contribution in [0.3, 0.4) is 0 Å². The van der Waals surface area contributed by atoms with Crippen molar-refractivity contribution >= 4 is 27.3 Å². The number of nitrogens with one attached hydrogen (secondary N) is 1. The number of carbonyl (C=O) groups is 1. The van der Waals surface area contributed by atoms with E-state index in [9.17, 15) is 9.59 Å². The van der Waals surface area contributed by atoms with Gasteiger partial charge in [-0.2, -0.15) is 4.52 Å². The zero-order valence-electron chi connectivity index (χ0n) is 14.8. The fourth-order valence-corrected chi connectivity index (χ4v) is 3.86. The van der Waals surface area contributed by atoms with Crippen molar-refractivity contribution < 1.29 is 4.79 Å². The summed E-state index contributed by atoms with van der Waals surface area (Å²) < 4.78 is 1.37. The highest BCUT2D eigenvalue weighted by Gasteiger charge is 2.20. The lowest BCUT2D eigenvalue weighted by atomic mass is 10.3. The van der Waals surface area contributed by atoms with E-state index in [2.05, 4.69) is 31.1 Å². The van der Waals surface area contributed by atoms with Crippen molar-refractivity contribution in [1.82, 2.24) is 24.8 Å². The SMILES string of the molecule is C#CCNC(=O)CN1CCCN(c2nn3c(=O)cc(CC)nc3s2)CC1. The third kappa shape index (κ3) is 4.20. The van der Waals surface area contributed by atoms with Crippen molar-refractivity contribution in [2.45, 2.75) is 19.8 Å². The molecule has 8 nitrogen and oxygen atoms in total. The highest BCUT2D eigenvalue weighted by atomic mass is 32.1. The molecule has 0 spiro atoms. The first-order chi connectivity index (χ1) is 12.6. The third-order valence-electron chi connectivity index (χ3n) is 4.26. The van der Waals surface area contributed by atoms with Crippen LogP contribution in [0.1, 0.15) is 19.0 Å². The highest BCUT2D eigenvalue weighted by molar-refractivity contribution is 7.20. The van der Waals surface area contributed by atoms with Gasteiger partial charge in [-0.15, -0.1) is 11.5 Å². The molecule has 2 aromatic heterocycles. The van der Waals surface area contributed by atoms with Gasteiger partial charge in [0.15, 0.2) is 0 Å². The van der Waals surface area contributed by atoms with Crippen LogP contribution < -0.4 is 15.8 Å². The van der Waals surface area contributed by atoms with Gasteiger partial charge in [0, 0.05) is 37.9 Å². The summed E-state index contributed by atoms with van der Waals surface area (Å²) in [6.45, 7) is 5.74. The Morgan fingerprint density at radius 3 is 3.00 bits per heavy atom. The van der Waals surface area contributed by atoms with E-state index < -0.39 is 0 Å². The van der Waals surface area contributed by atoms with E-state index in [0.717, 1.165) is 49.8 Å². The smallest absolute Gasteiger partial charge is 0.275 e. The maximum absolute atomic E-state index is 12.2. The summed E-state index contributed by atoms with van der Waals surface area (Å²) in [7, 11) is 0. The fourth-order valence-electron chi connectivity index (χ4n) is 2.88. The Labute approximate surface area is 155 Å². The second-order valence-electron chi connectivity index (χ2n) is 6.12. The van der Waals surface area contributed by atoms with Gasteiger partial charge < -0.3 is 10.2 Å². The molecule has 1 aliphatic rings. The van der Waals surface area contributed by atoms with Gasteiger partial charge >= 0.3 is 0 Å². The van der Waals surface area contributed by atoms with E-state index in [4.69, 9.17) is 6.42 Å². The summed E-state index contributed by atoms with van der Waals surface area (Å²) in [5.74, 6) is 2.35. The zero-order chi connectivity index (χ0) is 18.5. The molecule has 0 radical (unpaired) electrons. The van der Waals surface area contributed by atoms with Crippen LogP contribution in [0.2, 0.25) is 0 Å². The number of fused-ring (bicyclic) bond motifs is 1. The first-order valence-electron chi connectivity index (χ1n) is 8.68. The van der Waals surface area contributed by atoms with Crippen LogP contribution >= 0.6 is 11.3 Å². The Kier molecular flexibility index (Phi) is 5.85. The molecule has 3 rings (SSSR count). The lowest BCUT2D eigenvalue weighted by Gasteiger charge is -2.20. The number of nitrogens with zero attached hydrogens (tertiary/aromatic N) is 5. The molecule has 138 valence electrons. The number of carbonyl (C=O) groups excluding carboxylic acids is 1. The topological polar surface area (TPSA) is 82.8 Å². The maximum atomic E-state index is 12.2. The van der Waals surface area contributed by atoms with Gasteiger partial charge in [-0.25, -0.2) is 4.98 Å². The number of hydrogen-bond acceptors (Lipinski definition) is 7. The van der Waals surface area contributed by atoms with Crippen molar-refractivity contribution in [1.29, 1.82) is 0 Å². The van der Waals surface area contributed by atoms with E-state index in [1.54, 1.807) is 0 Å². The van der Waals surface area contributed by atoms with Crippen molar-refractivity contribution in [3.8, 4) is 12.3 Å². The summed E-state index contributed by atoms with van der Waals surface area (Å²) in [4.78, 5) is 33.4. The lowest BCUT2D eigenvalue weighted by Crippen LogP contribution is -2.39. The average Bonchev–Trinajstić information content (AvgIpc) is 2.93. The van der Waals surface area contributed by atoms with Crippen LogP contribution in [0.25, 0.3) is 4.96 Å². The highest BCUT2D eigenvalue weighted by Crippen LogP contribution is 2.22. The number of rotatable bonds is 5. The number of aromatic nitrogens is 3. The normalized spacial score (nSPS) is 15.6. The molecule has 9 heteroatoms. The number of anilines is 1. The fraction of sp³-hybridized carbons (Fsp3) is 0.529. The molecule has 3 heterocycles. The predicted octanol–water partition coefficient (Wildman–Crippen LogP) is -0.0251. The first kappa shape index (κ1) is 18.4. The molecule has 2 aromatic rings. The van der Waals surface area contributed by atoms with Gasteiger partial charge in [0.2, 0.25) is 16.0 Å². The minimum absolute atomic E-state index is 0.0563. The maximum Gasteiger partial charge on any atom is 0.275 e. The Balaban J connectivity index is 1.68. The molecule has 0 bridgehead atoms. The summed E-state index contributed by atoms with van der Waals surface area (Å²) in [6.07, 6.45) is 6.80. The Bertz CT molecular complexity index is 883. The minimum Gasteiger partial charge on any atom is -0.345 e. The van der Waals surface area contributed by atoms with E-state index in [1.165, 1.54) is 21.9 Å². The van der Waals surface area contributed by atoms with Crippen LogP contribution in [0.4, 0.5) is 5.13 Å². The van der Waals surface area contributed by atoms with E-state index >= 15 is 0 Å². The number of aryl methyl sites for hydroxylation is 1. The van der Waals surface area contributed by atoms with Crippen molar-refractivity contribution in [2.24, 2.45) is 0 Å². The van der Waals surface area contributed by atoms with Crippen LogP contribution in [0, 0.1) is 12.3 Å². The summed E-state index contributed by atoms with van der Waals surface area (Å²) in [6, 6.07) is 1.54. The van der Waals surface area contributed by atoms with Crippen LogP contribution in [-0.2, 0) is 11.2 Å². The van der Waals surface area contributed by atoms with Crippen LogP contribution in [0.5, 0.6) is 0 Å². The average molecular weight is 374 g/mol. The summed E-state index contributed by atoms with van der Waals surface area (Å²) in [5, 5.41) is 7.93. The molecule has 1 fully saturated rings. The van der Waals surface area contributed by atoms with Gasteiger partial charge in [0.25, 0.3) is 5.56 Å². The van der Waals surface area contributed by atoms with Crippen molar-refractivity contribution in [3.05, 3.63) is 22.1 Å². The number of amides is 1. The number of terminal acetylenes is 1. The first-order valence-corrected chi connectivity index (χ1v) is 9.49. The molecular weight excluding hydrogens is 352 g/mol. The van der Waals surface area contributed by atoms with Gasteiger partial charge in [-0.3, -0.25) is 14.5 Å². The second-order valence-corrected chi connectivity index (χ2v) is 7.05. The third-order valence-corrected chi connectivity index (χ3v) is 5.23. The molecule has 26 heavy (non-hydrogen) atoms. The molecule has 1 saturated heterocycles. The molecule has 0 aromatic carbocycles. The Morgan fingerprint density at radius 2 is 2.23 bits per heavy atom. The van der Waals surface area contributed by atoms with Gasteiger partial charge in [-0.05, 0) is 12.8 Å². The van der Waals surface area contributed by atoms with Crippen molar-refractivity contribution in [2.75, 3.05) is 44.2 Å². The van der Waals surface area contributed by atoms with Crippen LogP contribution in [0.15, 0.2) is 10.9 Å². The molecule has 0 aliphatic carbocycles. The molecule has 1 amide bonds. The van der Waals surface area contributed by atoms with E-state index in [-0.39, 0.29) is 18.0 Å². The van der Waals surface area contributed by atoms with Gasteiger partial charge in [-0.1, -0.05) is 24.2 Å². The molecule has 0 unspecified atom stereocenters. The number of hydrogen-bond donors (Lipinski definition) is 1. The zero-order valence-corrected chi connectivity index (χ0v) is 15.6. The second kappa shape index (κ2) is 8.29. The molecule has 0 atom stereocenters. The predicted molar refractivity (Wildman–Crippen MR) is 102 cm³/mol. The lowest BCUT2D eigenvalue weighted by molar-refractivity contribution is -0.121. The van der Waals surface area contributed by atoms with E-state index in [0.29, 0.717) is 11.5 Å². The standard InChI is InChI=1S/C17H22N6O2S/c1-3-6-18-14(24)12-21-7-5-8-22(10-9-21)17-20-23-15(25)11-13(4-2)19-16(23)26-17/h1,11H,4-10,12H2,2H3,(H,18,24). The monoisotopic (exact) mass is 374 g/mol. The summed E-state index contributed by atoms with van der Waals surface area (Å²) >= 11 is 1.43. The van der Waals surface area contributed by atoms with Gasteiger partial charge in [0.05, 0.1) is 13.1 Å². The molecule has 0 saturated carbocycles. The Morgan fingerprint density at radius 1 is 1.38 bits per heavy atom. The minimum atomic E-state index is -0.143. The molecule has 1 aliphatic heterocycles. The largest absolute Gasteiger partial charge is 0.345 e. The van der Waals surface area contributed by atoms with Crippen LogP contribution in [-0.4, -0.2) is 64.7 Å². The molecular formula is C17H22N6O2S. The summed E-state index contributed by atoms with van der Waals surface area (Å²) in [5.41, 5.74) is 0.640. The van der Waals surface area contributed by atoms with Gasteiger partial charge in [0.1, 0.15) is 0 Å². The van der Waals surface area contributed by atoms with E-state index in [1.807, 2.05) is 6.92 Å². The molecule has 1 N–H and O–H groups in total.